The van der Waals surface area contributed by atoms with E-state index < -0.39 is 12.5 Å². The van der Waals surface area contributed by atoms with Crippen LogP contribution < -0.4 is 15.4 Å². The second kappa shape index (κ2) is 14.0. The number of halogens is 3. The lowest BCUT2D eigenvalue weighted by molar-refractivity contribution is -0.133. The van der Waals surface area contributed by atoms with Gasteiger partial charge in [0.25, 0.3) is 5.91 Å². The van der Waals surface area contributed by atoms with Crippen LogP contribution in [0.4, 0.5) is 14.5 Å². The third-order valence-electron chi connectivity index (χ3n) is 7.78. The van der Waals surface area contributed by atoms with Crippen molar-refractivity contribution in [2.24, 2.45) is 0 Å². The molecule has 6 rings (SSSR count). The van der Waals surface area contributed by atoms with Gasteiger partial charge in [0.1, 0.15) is 23.6 Å². The molecule has 0 aliphatic carbocycles. The number of rotatable bonds is 11. The smallest absolute Gasteiger partial charge is 0.387 e. The summed E-state index contributed by atoms with van der Waals surface area (Å²) in [7, 11) is 0. The molecule has 2 N–H and O–H groups in total. The highest BCUT2D eigenvalue weighted by Gasteiger charge is 2.25. The van der Waals surface area contributed by atoms with Crippen LogP contribution in [0.25, 0.3) is 16.9 Å². The van der Waals surface area contributed by atoms with Gasteiger partial charge in [0, 0.05) is 48.3 Å². The maximum Gasteiger partial charge on any atom is 0.387 e. The van der Waals surface area contributed by atoms with Gasteiger partial charge in [0.2, 0.25) is 5.91 Å². The van der Waals surface area contributed by atoms with E-state index in [1.807, 2.05) is 18.2 Å². The Labute approximate surface area is 268 Å². The molecule has 0 atom stereocenters. The van der Waals surface area contributed by atoms with Crippen molar-refractivity contribution in [3.63, 3.8) is 0 Å². The van der Waals surface area contributed by atoms with E-state index in [1.54, 1.807) is 17.2 Å². The number of anilines is 1. The summed E-state index contributed by atoms with van der Waals surface area (Å²) in [5.74, 6) is -0.899. The van der Waals surface area contributed by atoms with Crippen LogP contribution in [0.15, 0.2) is 79.4 Å². The minimum Gasteiger partial charge on any atom is -0.434 e. The van der Waals surface area contributed by atoms with E-state index in [0.717, 1.165) is 25.8 Å². The second-order valence-electron chi connectivity index (χ2n) is 10.9. The molecule has 1 fully saturated rings. The van der Waals surface area contributed by atoms with Gasteiger partial charge < -0.3 is 20.3 Å². The van der Waals surface area contributed by atoms with E-state index in [2.05, 4.69) is 37.9 Å². The first-order valence-corrected chi connectivity index (χ1v) is 15.2. The molecule has 2 aromatic carbocycles. The maximum absolute atomic E-state index is 13.4. The van der Waals surface area contributed by atoms with Gasteiger partial charge in [-0.3, -0.25) is 14.3 Å². The standard InChI is InChI=1S/C32H31ClF2N8O3/c33-22-7-8-27(46-32(34)35)24(17-22)29-26(39-31(45)25-18-38-43-14-4-12-37-30(25)43)19-42(40-29)20-28(44)41-15-10-23(11-16-41)36-13-9-21-5-2-1-3-6-21/h1-8,12,14,17-19,23,32,36H,9-11,13,15-16,20H2,(H,39,45). The Kier molecular flexibility index (Phi) is 9.50. The number of amides is 2. The summed E-state index contributed by atoms with van der Waals surface area (Å²) in [5.41, 5.74) is 2.17. The SMILES string of the molecule is O=C(Nc1cn(CC(=O)N2CCC(NCCc3ccccc3)CC2)nc1-c1cc(Cl)ccc1OC(F)F)c1cnn2cccnc12. The Morgan fingerprint density at radius 2 is 1.89 bits per heavy atom. The van der Waals surface area contributed by atoms with Crippen LogP contribution in [0.1, 0.15) is 28.8 Å². The maximum atomic E-state index is 13.4. The number of carbonyl (C=O) groups is 2. The average molecular weight is 649 g/mol. The number of fused-ring (bicyclic) bond motifs is 1. The largest absolute Gasteiger partial charge is 0.434 e. The number of alkyl halides is 2. The van der Waals surface area contributed by atoms with Crippen LogP contribution in [-0.2, 0) is 17.8 Å². The van der Waals surface area contributed by atoms with Crippen molar-refractivity contribution in [2.45, 2.75) is 38.5 Å². The molecule has 46 heavy (non-hydrogen) atoms. The summed E-state index contributed by atoms with van der Waals surface area (Å²) < 4.78 is 34.2. The number of carbonyl (C=O) groups excluding carboxylic acids is 2. The zero-order chi connectivity index (χ0) is 32.0. The summed E-state index contributed by atoms with van der Waals surface area (Å²) in [4.78, 5) is 32.7. The predicted octanol–water partition coefficient (Wildman–Crippen LogP) is 4.92. The molecule has 11 nitrogen and oxygen atoms in total. The summed E-state index contributed by atoms with van der Waals surface area (Å²) in [5, 5.41) is 15.3. The quantitative estimate of drug-likeness (QED) is 0.209. The Morgan fingerprint density at radius 3 is 2.67 bits per heavy atom. The molecule has 238 valence electrons. The van der Waals surface area contributed by atoms with Gasteiger partial charge in [-0.05, 0) is 55.6 Å². The summed E-state index contributed by atoms with van der Waals surface area (Å²) in [6, 6.07) is 16.4. The number of nitrogens with zero attached hydrogens (tertiary/aromatic N) is 6. The van der Waals surface area contributed by atoms with E-state index in [1.165, 1.54) is 51.6 Å². The van der Waals surface area contributed by atoms with Gasteiger partial charge in [0.05, 0.1) is 11.9 Å². The van der Waals surface area contributed by atoms with Crippen LogP contribution in [0.3, 0.4) is 0 Å². The number of ether oxygens (including phenoxy) is 1. The molecule has 1 saturated heterocycles. The molecule has 3 aromatic heterocycles. The van der Waals surface area contributed by atoms with Crippen LogP contribution in [0.2, 0.25) is 5.02 Å². The molecule has 0 saturated carbocycles. The molecule has 4 heterocycles. The van der Waals surface area contributed by atoms with Crippen molar-refractivity contribution >= 4 is 34.7 Å². The van der Waals surface area contributed by atoms with Crippen molar-refractivity contribution in [1.29, 1.82) is 0 Å². The molecule has 1 aliphatic rings. The van der Waals surface area contributed by atoms with Gasteiger partial charge in [-0.25, -0.2) is 9.50 Å². The summed E-state index contributed by atoms with van der Waals surface area (Å²) in [6.07, 6.45) is 8.61. The Hall–Kier alpha value is -4.88. The van der Waals surface area contributed by atoms with Gasteiger partial charge >= 0.3 is 6.61 Å². The molecular formula is C32H31ClF2N8O3. The van der Waals surface area contributed by atoms with E-state index >= 15 is 0 Å². The number of likely N-dealkylation sites (tertiary alicyclic amines) is 1. The second-order valence-corrected chi connectivity index (χ2v) is 11.3. The molecule has 0 unspecified atom stereocenters. The Bertz CT molecular complexity index is 1820. The van der Waals surface area contributed by atoms with Crippen LogP contribution in [0, 0.1) is 0 Å². The molecular weight excluding hydrogens is 618 g/mol. The molecule has 1 aliphatic heterocycles. The van der Waals surface area contributed by atoms with Crippen molar-refractivity contribution < 1.29 is 23.1 Å². The highest BCUT2D eigenvalue weighted by molar-refractivity contribution is 6.31. The number of aromatic nitrogens is 5. The van der Waals surface area contributed by atoms with Crippen molar-refractivity contribution in [2.75, 3.05) is 25.0 Å². The lowest BCUT2D eigenvalue weighted by Crippen LogP contribution is -2.46. The molecule has 0 radical (unpaired) electrons. The molecule has 0 bridgehead atoms. The first kappa shape index (κ1) is 31.1. The molecule has 14 heteroatoms. The fourth-order valence-corrected chi connectivity index (χ4v) is 5.66. The van der Waals surface area contributed by atoms with Crippen LogP contribution in [0.5, 0.6) is 5.75 Å². The van der Waals surface area contributed by atoms with E-state index in [-0.39, 0.29) is 45.7 Å². The number of hydrogen-bond acceptors (Lipinski definition) is 7. The molecule has 5 aromatic rings. The van der Waals surface area contributed by atoms with Crippen molar-refractivity contribution in [1.82, 2.24) is 34.6 Å². The number of nitrogens with one attached hydrogen (secondary N) is 2. The van der Waals surface area contributed by atoms with Crippen molar-refractivity contribution in [3.8, 4) is 17.0 Å². The Morgan fingerprint density at radius 1 is 1.09 bits per heavy atom. The number of hydrogen-bond donors (Lipinski definition) is 2. The van der Waals surface area contributed by atoms with Crippen LogP contribution >= 0.6 is 11.6 Å². The van der Waals surface area contributed by atoms with E-state index in [9.17, 15) is 18.4 Å². The highest BCUT2D eigenvalue weighted by atomic mass is 35.5. The van der Waals surface area contributed by atoms with Crippen LogP contribution in [-0.4, -0.2) is 73.4 Å². The highest BCUT2D eigenvalue weighted by Crippen LogP contribution is 2.37. The van der Waals surface area contributed by atoms with Crippen molar-refractivity contribution in [3.05, 3.63) is 95.5 Å². The zero-order valence-electron chi connectivity index (χ0n) is 24.7. The lowest BCUT2D eigenvalue weighted by Gasteiger charge is -2.32. The first-order valence-electron chi connectivity index (χ1n) is 14.8. The normalized spacial score (nSPS) is 13.8. The third-order valence-corrected chi connectivity index (χ3v) is 8.02. The fraction of sp³-hybridized carbons (Fsp3) is 0.281. The topological polar surface area (TPSA) is 119 Å². The number of piperidine rings is 1. The summed E-state index contributed by atoms with van der Waals surface area (Å²) >= 11 is 6.23. The van der Waals surface area contributed by atoms with Gasteiger partial charge in [0.15, 0.2) is 5.65 Å². The average Bonchev–Trinajstić information content (AvgIpc) is 3.66. The summed E-state index contributed by atoms with van der Waals surface area (Å²) in [6.45, 7) is -1.20. The third kappa shape index (κ3) is 7.32. The minimum atomic E-state index is -3.11. The number of benzene rings is 2. The van der Waals surface area contributed by atoms with Gasteiger partial charge in [-0.2, -0.15) is 19.0 Å². The predicted molar refractivity (Wildman–Crippen MR) is 168 cm³/mol. The molecule has 0 spiro atoms. The Balaban J connectivity index is 1.18. The van der Waals surface area contributed by atoms with Gasteiger partial charge in [-0.1, -0.05) is 41.9 Å². The van der Waals surface area contributed by atoms with E-state index in [4.69, 9.17) is 16.3 Å². The lowest BCUT2D eigenvalue weighted by atomic mass is 10.0. The molecule has 2 amide bonds. The monoisotopic (exact) mass is 648 g/mol. The fourth-order valence-electron chi connectivity index (χ4n) is 5.49. The first-order chi connectivity index (χ1) is 22.3. The van der Waals surface area contributed by atoms with E-state index in [0.29, 0.717) is 24.8 Å². The minimum absolute atomic E-state index is 0.102. The zero-order valence-corrected chi connectivity index (χ0v) is 25.4. The van der Waals surface area contributed by atoms with Gasteiger partial charge in [-0.15, -0.1) is 0 Å².